The van der Waals surface area contributed by atoms with Gasteiger partial charge in [0.1, 0.15) is 0 Å². The van der Waals surface area contributed by atoms with Crippen molar-refractivity contribution in [1.82, 2.24) is 0 Å². The second-order valence-electron chi connectivity index (χ2n) is 2.88. The summed E-state index contributed by atoms with van der Waals surface area (Å²) in [5.74, 6) is 0. The molecule has 0 nitrogen and oxygen atoms in total. The molecule has 0 aliphatic heterocycles. The van der Waals surface area contributed by atoms with Gasteiger partial charge in [-0.15, -0.1) is 0 Å². The van der Waals surface area contributed by atoms with Gasteiger partial charge >= 0.3 is 78.6 Å². The molecular formula is C8H19BrSn. The van der Waals surface area contributed by atoms with Crippen LogP contribution in [0.2, 0.25) is 8.87 Å². The maximum atomic E-state index is 3.89. The van der Waals surface area contributed by atoms with E-state index in [0.717, 1.165) is 0 Å². The Kier molecular flexibility index (Phi) is 9.45. The Labute approximate surface area is 78.3 Å². The molecule has 0 aromatic carbocycles. The topological polar surface area (TPSA) is 0 Å². The molecule has 0 aromatic heterocycles. The number of rotatable bonds is 6. The fraction of sp³-hybridized carbons (Fsp3) is 1.00. The van der Waals surface area contributed by atoms with E-state index in [1.807, 2.05) is 0 Å². The van der Waals surface area contributed by atoms with E-state index in [1.165, 1.54) is 25.7 Å². The standard InChI is InChI=1S/2C4H9.BrH.Sn.H/c2*1-3-4-2;;;/h2*1,3-4H2,2H3;1H;;/q;;;+1;/p-1. The number of hydrogen-bond acceptors (Lipinski definition) is 0. The van der Waals surface area contributed by atoms with E-state index in [0.29, 0.717) is 0 Å². The van der Waals surface area contributed by atoms with Crippen LogP contribution in [0.5, 0.6) is 0 Å². The van der Waals surface area contributed by atoms with Gasteiger partial charge in [-0.3, -0.25) is 0 Å². The van der Waals surface area contributed by atoms with E-state index >= 15 is 0 Å². The summed E-state index contributed by atoms with van der Waals surface area (Å²) in [7, 11) is 0. The normalized spacial score (nSPS) is 10.8. The molecule has 0 heterocycles. The van der Waals surface area contributed by atoms with Crippen LogP contribution >= 0.6 is 12.7 Å². The molecule has 0 amide bonds. The molecule has 0 N–H and O–H groups in total. The van der Waals surface area contributed by atoms with Crippen molar-refractivity contribution in [2.45, 2.75) is 48.4 Å². The molecule has 62 valence electrons. The van der Waals surface area contributed by atoms with Crippen LogP contribution in [-0.2, 0) is 0 Å². The second kappa shape index (κ2) is 8.38. The van der Waals surface area contributed by atoms with Gasteiger partial charge in [0.25, 0.3) is 0 Å². The average Bonchev–Trinajstić information content (AvgIpc) is 1.97. The fourth-order valence-electron chi connectivity index (χ4n) is 0.996. The zero-order valence-corrected chi connectivity index (χ0v) is 12.1. The quantitative estimate of drug-likeness (QED) is 0.656. The summed E-state index contributed by atoms with van der Waals surface area (Å²) >= 11 is 2.85. The molecule has 0 fully saturated rings. The van der Waals surface area contributed by atoms with Crippen LogP contribution in [0.1, 0.15) is 39.5 Å². The molecular weight excluding hydrogens is 295 g/mol. The Hall–Kier alpha value is 1.28. The first-order valence-electron chi connectivity index (χ1n) is 4.45. The van der Waals surface area contributed by atoms with E-state index < -0.39 is 17.5 Å². The SMILES string of the molecule is CCC[CH2][SnH]([Br])[CH2]CCC. The molecule has 0 rings (SSSR count). The predicted octanol–water partition coefficient (Wildman–Crippen LogP) is 3.71. The van der Waals surface area contributed by atoms with Crippen LogP contribution in [0.4, 0.5) is 0 Å². The van der Waals surface area contributed by atoms with Crippen molar-refractivity contribution < 1.29 is 0 Å². The average molecular weight is 314 g/mol. The molecule has 0 saturated heterocycles. The molecule has 0 aliphatic rings. The third kappa shape index (κ3) is 7.39. The van der Waals surface area contributed by atoms with Gasteiger partial charge in [0.2, 0.25) is 0 Å². The number of unbranched alkanes of at least 4 members (excludes halogenated alkanes) is 2. The van der Waals surface area contributed by atoms with Gasteiger partial charge in [-0.05, 0) is 0 Å². The van der Waals surface area contributed by atoms with Crippen LogP contribution in [0.15, 0.2) is 0 Å². The van der Waals surface area contributed by atoms with Crippen molar-refractivity contribution in [3.05, 3.63) is 0 Å². The predicted molar refractivity (Wildman–Crippen MR) is 55.5 cm³/mol. The Balaban J connectivity index is 3.00. The zero-order valence-electron chi connectivity index (χ0n) is 7.20. The molecule has 2 heteroatoms. The minimum absolute atomic E-state index is 1.04. The first-order valence-corrected chi connectivity index (χ1v) is 16.5. The van der Waals surface area contributed by atoms with Crippen molar-refractivity contribution in [1.29, 1.82) is 0 Å². The fourth-order valence-corrected chi connectivity index (χ4v) is 11.0. The van der Waals surface area contributed by atoms with E-state index in [1.54, 1.807) is 8.87 Å². The monoisotopic (exact) mass is 314 g/mol. The van der Waals surface area contributed by atoms with Gasteiger partial charge in [0.15, 0.2) is 0 Å². The van der Waals surface area contributed by atoms with Gasteiger partial charge < -0.3 is 0 Å². The van der Waals surface area contributed by atoms with Crippen LogP contribution in [0, 0.1) is 0 Å². The van der Waals surface area contributed by atoms with E-state index in [9.17, 15) is 0 Å². The van der Waals surface area contributed by atoms with Gasteiger partial charge in [0, 0.05) is 0 Å². The molecule has 0 spiro atoms. The molecule has 0 atom stereocenters. The Morgan fingerprint density at radius 1 is 1.00 bits per heavy atom. The summed E-state index contributed by atoms with van der Waals surface area (Å²) in [5.41, 5.74) is 0. The molecule has 0 saturated carbocycles. The molecule has 0 radical (unpaired) electrons. The van der Waals surface area contributed by atoms with Gasteiger partial charge in [-0.25, -0.2) is 0 Å². The summed E-state index contributed by atoms with van der Waals surface area (Å²) in [6.07, 6.45) is 5.70. The molecule has 0 bridgehead atoms. The third-order valence-corrected chi connectivity index (χ3v) is 13.8. The van der Waals surface area contributed by atoms with E-state index in [2.05, 4.69) is 26.6 Å². The Morgan fingerprint density at radius 2 is 1.40 bits per heavy atom. The van der Waals surface area contributed by atoms with Crippen LogP contribution < -0.4 is 0 Å². The zero-order chi connectivity index (χ0) is 7.82. The van der Waals surface area contributed by atoms with E-state index in [4.69, 9.17) is 0 Å². The first kappa shape index (κ1) is 11.3. The van der Waals surface area contributed by atoms with Crippen LogP contribution in [-0.4, -0.2) is 17.5 Å². The van der Waals surface area contributed by atoms with Crippen molar-refractivity contribution in [3.8, 4) is 0 Å². The molecule has 0 aliphatic carbocycles. The molecule has 0 unspecified atom stereocenters. The number of halogens is 1. The van der Waals surface area contributed by atoms with Crippen molar-refractivity contribution in [2.24, 2.45) is 0 Å². The minimum atomic E-state index is -1.04. The molecule has 0 aromatic rings. The Bertz CT molecular complexity index is 58.3. The summed E-state index contributed by atoms with van der Waals surface area (Å²) < 4.78 is 3.14. The summed E-state index contributed by atoms with van der Waals surface area (Å²) in [4.78, 5) is 0. The maximum absolute atomic E-state index is 3.89. The van der Waals surface area contributed by atoms with Gasteiger partial charge in [-0.2, -0.15) is 0 Å². The third-order valence-electron chi connectivity index (χ3n) is 1.74. The van der Waals surface area contributed by atoms with Crippen LogP contribution in [0.25, 0.3) is 0 Å². The van der Waals surface area contributed by atoms with Crippen molar-refractivity contribution >= 4 is 30.2 Å². The van der Waals surface area contributed by atoms with Gasteiger partial charge in [-0.1, -0.05) is 0 Å². The van der Waals surface area contributed by atoms with Crippen molar-refractivity contribution in [3.63, 3.8) is 0 Å². The van der Waals surface area contributed by atoms with Crippen molar-refractivity contribution in [2.75, 3.05) is 0 Å². The van der Waals surface area contributed by atoms with E-state index in [-0.39, 0.29) is 0 Å². The Morgan fingerprint density at radius 3 is 1.70 bits per heavy atom. The molecule has 10 heavy (non-hydrogen) atoms. The summed E-state index contributed by atoms with van der Waals surface area (Å²) in [5, 5.41) is 0. The number of hydrogen-bond donors (Lipinski definition) is 0. The first-order chi connectivity index (χ1) is 4.81. The summed E-state index contributed by atoms with van der Waals surface area (Å²) in [6.45, 7) is 4.57. The summed E-state index contributed by atoms with van der Waals surface area (Å²) in [6, 6.07) is 0. The second-order valence-corrected chi connectivity index (χ2v) is 18.3. The van der Waals surface area contributed by atoms with Crippen LogP contribution in [0.3, 0.4) is 0 Å². The van der Waals surface area contributed by atoms with Gasteiger partial charge in [0.05, 0.1) is 0 Å².